The third-order valence-electron chi connectivity index (χ3n) is 12.2. The molecule has 4 heterocycles. The standard InChI is InChI=1S/C40H49F2N5O6/c1-4-28-31(41)9-8-23-13-25(49)16-29(33(23)28)35-34(42)36-30(17-43-35)37(46-18-27(19-48)52-21-39(2,50)20-46)45-38(44-36)53-22-40-10-5-7-32(40)47(12-6-11-40)24-14-26(15-24)51-3/h8-9,13,16-17,24,26-27,32,48-50H,4-7,10-12,14-15,18-22H2,1-3H3. The molecule has 0 radical (unpaired) electrons. The predicted molar refractivity (Wildman–Crippen MR) is 196 cm³/mol. The summed E-state index contributed by atoms with van der Waals surface area (Å²) in [4.78, 5) is 18.5. The van der Waals surface area contributed by atoms with Crippen molar-refractivity contribution in [3.8, 4) is 23.0 Å². The number of hydrogen-bond acceptors (Lipinski definition) is 11. The molecule has 8 rings (SSSR count). The number of phenolic OH excluding ortho intramolecular Hbond substituents is 1. The number of pyridine rings is 1. The molecule has 4 atom stereocenters. The average molecular weight is 734 g/mol. The Morgan fingerprint density at radius 2 is 1.92 bits per heavy atom. The molecule has 284 valence electrons. The van der Waals surface area contributed by atoms with Gasteiger partial charge in [0.1, 0.15) is 34.2 Å². The van der Waals surface area contributed by atoms with Crippen molar-refractivity contribution >= 4 is 27.5 Å². The van der Waals surface area contributed by atoms with Crippen molar-refractivity contribution in [2.45, 2.75) is 95.1 Å². The number of anilines is 1. The van der Waals surface area contributed by atoms with Gasteiger partial charge in [0, 0.05) is 42.9 Å². The zero-order valence-electron chi connectivity index (χ0n) is 30.7. The fourth-order valence-electron chi connectivity index (χ4n) is 9.52. The van der Waals surface area contributed by atoms with Gasteiger partial charge in [0.25, 0.3) is 0 Å². The molecule has 4 fully saturated rings. The molecule has 0 bridgehead atoms. The van der Waals surface area contributed by atoms with E-state index >= 15 is 8.78 Å². The third kappa shape index (κ3) is 6.58. The van der Waals surface area contributed by atoms with E-state index in [0.717, 1.165) is 51.5 Å². The topological polar surface area (TPSA) is 134 Å². The lowest BCUT2D eigenvalue weighted by Crippen LogP contribution is -2.59. The average Bonchev–Trinajstić information content (AvgIpc) is 3.49. The first-order valence-corrected chi connectivity index (χ1v) is 18.9. The second kappa shape index (κ2) is 14.2. The summed E-state index contributed by atoms with van der Waals surface area (Å²) >= 11 is 0. The van der Waals surface area contributed by atoms with E-state index in [1.54, 1.807) is 25.0 Å². The molecule has 2 saturated heterocycles. The highest BCUT2D eigenvalue weighted by atomic mass is 19.1. The lowest BCUT2D eigenvalue weighted by atomic mass is 9.73. The highest BCUT2D eigenvalue weighted by Crippen LogP contribution is 2.50. The zero-order valence-corrected chi connectivity index (χ0v) is 30.7. The number of likely N-dealkylation sites (tertiary alicyclic amines) is 1. The summed E-state index contributed by atoms with van der Waals surface area (Å²) in [6, 6.07) is 6.69. The summed E-state index contributed by atoms with van der Waals surface area (Å²) in [5.41, 5.74) is -0.926. The summed E-state index contributed by atoms with van der Waals surface area (Å²) in [6.07, 6.45) is 8.86. The molecule has 0 spiro atoms. The molecule has 3 N–H and O–H groups in total. The van der Waals surface area contributed by atoms with E-state index in [1.165, 1.54) is 24.4 Å². The van der Waals surface area contributed by atoms with Crippen LogP contribution >= 0.6 is 0 Å². The number of β-amino-alcohol motifs (C(OH)–C–C–N with tert-alkyl or cyclic N) is 1. The van der Waals surface area contributed by atoms with Gasteiger partial charge in [-0.1, -0.05) is 19.4 Å². The van der Waals surface area contributed by atoms with Crippen LogP contribution in [0.5, 0.6) is 11.8 Å². The highest BCUT2D eigenvalue weighted by molar-refractivity contribution is 6.01. The molecule has 4 aliphatic rings. The Balaban J connectivity index is 1.23. The summed E-state index contributed by atoms with van der Waals surface area (Å²) in [5.74, 6) is -1.02. The molecule has 2 saturated carbocycles. The van der Waals surface area contributed by atoms with Gasteiger partial charge in [-0.05, 0) is 92.9 Å². The van der Waals surface area contributed by atoms with E-state index < -0.39 is 23.3 Å². The maximum atomic E-state index is 17.2. The van der Waals surface area contributed by atoms with Crippen LogP contribution in [0.3, 0.4) is 0 Å². The highest BCUT2D eigenvalue weighted by Gasteiger charge is 2.52. The number of halogens is 2. The smallest absolute Gasteiger partial charge is 0.319 e. The number of aromatic hydroxyl groups is 1. The number of rotatable bonds is 9. The molecular formula is C40H49F2N5O6. The number of hydrogen-bond donors (Lipinski definition) is 3. The van der Waals surface area contributed by atoms with Crippen LogP contribution < -0.4 is 9.64 Å². The lowest BCUT2D eigenvalue weighted by molar-refractivity contribution is -0.0845. The molecule has 2 aliphatic heterocycles. The minimum absolute atomic E-state index is 0.00444. The van der Waals surface area contributed by atoms with Crippen molar-refractivity contribution in [3.05, 3.63) is 47.7 Å². The number of aromatic nitrogens is 3. The first kappa shape index (κ1) is 36.2. The van der Waals surface area contributed by atoms with Gasteiger partial charge in [-0.25, -0.2) is 8.78 Å². The van der Waals surface area contributed by atoms with E-state index in [0.29, 0.717) is 53.4 Å². The fourth-order valence-corrected chi connectivity index (χ4v) is 9.52. The summed E-state index contributed by atoms with van der Waals surface area (Å²) in [7, 11) is 1.78. The largest absolute Gasteiger partial charge is 0.508 e. The fraction of sp³-hybridized carbons (Fsp3) is 0.575. The van der Waals surface area contributed by atoms with Crippen molar-refractivity contribution < 1.29 is 38.3 Å². The van der Waals surface area contributed by atoms with Crippen LogP contribution in [-0.4, -0.2) is 112 Å². The Bertz CT molecular complexity index is 2010. The van der Waals surface area contributed by atoms with E-state index in [2.05, 4.69) is 9.88 Å². The van der Waals surface area contributed by atoms with Crippen LogP contribution in [0, 0.1) is 17.0 Å². The van der Waals surface area contributed by atoms with Gasteiger partial charge in [0.05, 0.1) is 44.0 Å². The zero-order chi connectivity index (χ0) is 37.1. The summed E-state index contributed by atoms with van der Waals surface area (Å²) in [5, 5.41) is 33.3. The van der Waals surface area contributed by atoms with Crippen LogP contribution in [0.15, 0.2) is 30.5 Å². The number of fused-ring (bicyclic) bond motifs is 3. The first-order chi connectivity index (χ1) is 25.5. The molecule has 4 aromatic rings. The van der Waals surface area contributed by atoms with Crippen LogP contribution in [0.4, 0.5) is 14.6 Å². The van der Waals surface area contributed by atoms with E-state index in [4.69, 9.17) is 24.2 Å². The Labute approximate surface area is 307 Å². The van der Waals surface area contributed by atoms with Crippen molar-refractivity contribution in [1.82, 2.24) is 19.9 Å². The van der Waals surface area contributed by atoms with Gasteiger partial charge in [-0.15, -0.1) is 0 Å². The van der Waals surface area contributed by atoms with Gasteiger partial charge in [-0.3, -0.25) is 9.88 Å². The molecule has 2 aromatic heterocycles. The maximum Gasteiger partial charge on any atom is 0.319 e. The third-order valence-corrected chi connectivity index (χ3v) is 12.2. The number of piperidine rings is 1. The van der Waals surface area contributed by atoms with Crippen LogP contribution in [-0.2, 0) is 15.9 Å². The van der Waals surface area contributed by atoms with Gasteiger partial charge < -0.3 is 34.4 Å². The number of benzene rings is 2. The number of aliphatic hydroxyl groups is 2. The molecule has 13 heteroatoms. The Hall–Kier alpha value is -3.75. The van der Waals surface area contributed by atoms with Gasteiger partial charge >= 0.3 is 6.01 Å². The first-order valence-electron chi connectivity index (χ1n) is 18.9. The minimum Gasteiger partial charge on any atom is -0.508 e. The lowest BCUT2D eigenvalue weighted by Gasteiger charge is -2.53. The predicted octanol–water partition coefficient (Wildman–Crippen LogP) is 5.53. The molecule has 4 unspecified atom stereocenters. The summed E-state index contributed by atoms with van der Waals surface area (Å²) < 4.78 is 50.3. The monoisotopic (exact) mass is 733 g/mol. The quantitative estimate of drug-likeness (QED) is 0.201. The molecule has 53 heavy (non-hydrogen) atoms. The Morgan fingerprint density at radius 1 is 1.11 bits per heavy atom. The van der Waals surface area contributed by atoms with E-state index in [9.17, 15) is 15.3 Å². The number of nitrogens with zero attached hydrogens (tertiary/aromatic N) is 5. The number of methoxy groups -OCH3 is 1. The van der Waals surface area contributed by atoms with Crippen molar-refractivity contribution in [1.29, 1.82) is 0 Å². The molecule has 0 amide bonds. The van der Waals surface area contributed by atoms with Crippen molar-refractivity contribution in [2.75, 3.05) is 51.5 Å². The minimum atomic E-state index is -1.31. The van der Waals surface area contributed by atoms with Crippen LogP contribution in [0.2, 0.25) is 0 Å². The Kier molecular flexibility index (Phi) is 9.67. The van der Waals surface area contributed by atoms with Gasteiger partial charge in [-0.2, -0.15) is 9.97 Å². The number of aliphatic hydroxyl groups excluding tert-OH is 1. The van der Waals surface area contributed by atoms with E-state index in [-0.39, 0.29) is 65.6 Å². The van der Waals surface area contributed by atoms with Crippen LogP contribution in [0.1, 0.15) is 64.4 Å². The van der Waals surface area contributed by atoms with Gasteiger partial charge in [0.2, 0.25) is 0 Å². The van der Waals surface area contributed by atoms with Crippen LogP contribution in [0.25, 0.3) is 32.9 Å². The molecule has 2 aromatic carbocycles. The van der Waals surface area contributed by atoms with Crippen molar-refractivity contribution in [3.63, 3.8) is 0 Å². The maximum absolute atomic E-state index is 17.2. The Morgan fingerprint density at radius 3 is 2.70 bits per heavy atom. The van der Waals surface area contributed by atoms with Crippen molar-refractivity contribution in [2.24, 2.45) is 5.41 Å². The molecule has 2 aliphatic carbocycles. The van der Waals surface area contributed by atoms with E-state index in [1.807, 2.05) is 6.92 Å². The van der Waals surface area contributed by atoms with Gasteiger partial charge in [0.15, 0.2) is 5.82 Å². The molecule has 11 nitrogen and oxygen atoms in total. The SMILES string of the molecule is CCc1c(F)ccc2cc(O)cc(-c3ncc4c(N5CC(CO)OCC(C)(O)C5)nc(OCC56CCCC5N(C5CC(OC)C5)CCC6)nc4c3F)c12. The number of ether oxygens (including phenoxy) is 3. The number of aryl methyl sites for hydroxylation is 1. The number of phenols is 1. The summed E-state index contributed by atoms with van der Waals surface area (Å²) in [6.45, 7) is 4.84. The normalized spacial score (nSPS) is 29.3. The second-order valence-corrected chi connectivity index (χ2v) is 15.9. The second-order valence-electron chi connectivity index (χ2n) is 15.9. The molecular weight excluding hydrogens is 684 g/mol.